The van der Waals surface area contributed by atoms with E-state index in [1.165, 1.54) is 24.3 Å². The van der Waals surface area contributed by atoms with Crippen molar-refractivity contribution in [3.05, 3.63) is 57.8 Å². The Bertz CT molecular complexity index is 782. The maximum atomic E-state index is 13.4. The molecule has 0 amide bonds. The first kappa shape index (κ1) is 16.0. The Balaban J connectivity index is 2.38. The molecule has 0 aliphatic heterocycles. The highest BCUT2D eigenvalue weighted by Gasteiger charge is 2.17. The van der Waals surface area contributed by atoms with Gasteiger partial charge < -0.3 is 5.73 Å². The highest BCUT2D eigenvalue weighted by molar-refractivity contribution is 7.92. The van der Waals surface area contributed by atoms with Crippen LogP contribution in [0.25, 0.3) is 0 Å². The van der Waals surface area contributed by atoms with Crippen LogP contribution < -0.4 is 10.5 Å². The summed E-state index contributed by atoms with van der Waals surface area (Å²) < 4.78 is 40.2. The van der Waals surface area contributed by atoms with Crippen molar-refractivity contribution in [2.75, 3.05) is 4.72 Å². The molecule has 112 valence electrons. The standard InChI is InChI=1S/C13H11Cl2FN2O2S/c14-9-1-4-13(11(15)6-9)18-21(19,20)10-2-3-12(16)8(5-10)7-17/h1-6,18H,7,17H2. The van der Waals surface area contributed by atoms with E-state index in [0.29, 0.717) is 5.02 Å². The molecule has 0 radical (unpaired) electrons. The zero-order chi connectivity index (χ0) is 15.6. The summed E-state index contributed by atoms with van der Waals surface area (Å²) >= 11 is 11.7. The number of anilines is 1. The van der Waals surface area contributed by atoms with Crippen LogP contribution >= 0.6 is 23.2 Å². The second-order valence-corrected chi connectivity index (χ2v) is 6.71. The number of nitrogens with one attached hydrogen (secondary N) is 1. The van der Waals surface area contributed by atoms with Crippen molar-refractivity contribution >= 4 is 38.9 Å². The van der Waals surface area contributed by atoms with Crippen LogP contribution in [0.15, 0.2) is 41.3 Å². The Kier molecular flexibility index (Phi) is 4.73. The van der Waals surface area contributed by atoms with Gasteiger partial charge in [0.2, 0.25) is 0 Å². The van der Waals surface area contributed by atoms with E-state index in [-0.39, 0.29) is 27.7 Å². The predicted octanol–water partition coefficient (Wildman–Crippen LogP) is 3.39. The molecule has 2 rings (SSSR count). The van der Waals surface area contributed by atoms with E-state index < -0.39 is 15.8 Å². The molecular weight excluding hydrogens is 338 g/mol. The summed E-state index contributed by atoms with van der Waals surface area (Å²) in [5, 5.41) is 0.544. The van der Waals surface area contributed by atoms with Crippen LogP contribution in [0.2, 0.25) is 10.0 Å². The van der Waals surface area contributed by atoms with E-state index in [1.54, 1.807) is 0 Å². The van der Waals surface area contributed by atoms with Crippen LogP contribution in [0.3, 0.4) is 0 Å². The van der Waals surface area contributed by atoms with E-state index in [4.69, 9.17) is 28.9 Å². The van der Waals surface area contributed by atoms with Gasteiger partial charge in [0.15, 0.2) is 0 Å². The van der Waals surface area contributed by atoms with E-state index in [9.17, 15) is 12.8 Å². The highest BCUT2D eigenvalue weighted by atomic mass is 35.5. The fourth-order valence-corrected chi connectivity index (χ4v) is 3.29. The average Bonchev–Trinajstić information content (AvgIpc) is 2.42. The summed E-state index contributed by atoms with van der Waals surface area (Å²) in [7, 11) is -3.90. The number of hydrogen-bond donors (Lipinski definition) is 2. The van der Waals surface area contributed by atoms with Gasteiger partial charge in [-0.1, -0.05) is 23.2 Å². The van der Waals surface area contributed by atoms with Crippen molar-refractivity contribution in [1.29, 1.82) is 0 Å². The minimum absolute atomic E-state index is 0.100. The molecule has 2 aromatic rings. The smallest absolute Gasteiger partial charge is 0.261 e. The van der Waals surface area contributed by atoms with Gasteiger partial charge in [0.25, 0.3) is 10.0 Å². The molecule has 0 spiro atoms. The zero-order valence-corrected chi connectivity index (χ0v) is 12.9. The number of benzene rings is 2. The molecule has 0 saturated heterocycles. The van der Waals surface area contributed by atoms with Crippen LogP contribution in [-0.4, -0.2) is 8.42 Å². The summed E-state index contributed by atoms with van der Waals surface area (Å²) in [6, 6.07) is 7.75. The molecule has 0 aliphatic carbocycles. The van der Waals surface area contributed by atoms with Crippen LogP contribution in [0, 0.1) is 5.82 Å². The van der Waals surface area contributed by atoms with Gasteiger partial charge in [0.05, 0.1) is 15.6 Å². The fourth-order valence-electron chi connectivity index (χ4n) is 1.65. The largest absolute Gasteiger partial charge is 0.326 e. The van der Waals surface area contributed by atoms with E-state index in [1.807, 2.05) is 0 Å². The van der Waals surface area contributed by atoms with Gasteiger partial charge in [-0.2, -0.15) is 0 Å². The minimum Gasteiger partial charge on any atom is -0.326 e. The number of hydrogen-bond acceptors (Lipinski definition) is 3. The van der Waals surface area contributed by atoms with E-state index in [2.05, 4.69) is 4.72 Å². The lowest BCUT2D eigenvalue weighted by atomic mass is 10.2. The summed E-state index contributed by atoms with van der Waals surface area (Å²) in [6.45, 7) is -0.100. The summed E-state index contributed by atoms with van der Waals surface area (Å²) in [5.74, 6) is -0.555. The monoisotopic (exact) mass is 348 g/mol. The number of halogens is 3. The first-order valence-corrected chi connectivity index (χ1v) is 8.04. The molecular formula is C13H11Cl2FN2O2S. The van der Waals surface area contributed by atoms with Crippen LogP contribution in [0.5, 0.6) is 0 Å². The zero-order valence-electron chi connectivity index (χ0n) is 10.6. The van der Waals surface area contributed by atoms with Crippen LogP contribution in [0.4, 0.5) is 10.1 Å². The Hall–Kier alpha value is -1.34. The van der Waals surface area contributed by atoms with Crippen molar-refractivity contribution in [2.45, 2.75) is 11.4 Å². The maximum absolute atomic E-state index is 13.4. The molecule has 0 atom stereocenters. The van der Waals surface area contributed by atoms with Crippen LogP contribution in [0.1, 0.15) is 5.56 Å². The lowest BCUT2D eigenvalue weighted by molar-refractivity contribution is 0.596. The molecule has 0 unspecified atom stereocenters. The molecule has 0 heterocycles. The van der Waals surface area contributed by atoms with Gasteiger partial charge in [-0.25, -0.2) is 12.8 Å². The number of sulfonamides is 1. The van der Waals surface area contributed by atoms with Crippen LogP contribution in [-0.2, 0) is 16.6 Å². The number of nitrogens with two attached hydrogens (primary N) is 1. The van der Waals surface area contributed by atoms with Crippen molar-refractivity contribution in [3.8, 4) is 0 Å². The molecule has 3 N–H and O–H groups in total. The number of rotatable bonds is 4. The van der Waals surface area contributed by atoms with Gasteiger partial charge in [-0.05, 0) is 36.4 Å². The second kappa shape index (κ2) is 6.19. The molecule has 0 fully saturated rings. The van der Waals surface area contributed by atoms with Gasteiger partial charge in [0, 0.05) is 17.1 Å². The van der Waals surface area contributed by atoms with Crippen molar-refractivity contribution in [2.24, 2.45) is 5.73 Å². The maximum Gasteiger partial charge on any atom is 0.261 e. The Labute approximate surface area is 131 Å². The summed E-state index contributed by atoms with van der Waals surface area (Å²) in [6.07, 6.45) is 0. The molecule has 2 aromatic carbocycles. The van der Waals surface area contributed by atoms with Gasteiger partial charge in [0.1, 0.15) is 5.82 Å². The predicted molar refractivity (Wildman–Crippen MR) is 81.6 cm³/mol. The Morgan fingerprint density at radius 1 is 1.14 bits per heavy atom. The van der Waals surface area contributed by atoms with Crippen molar-refractivity contribution in [3.63, 3.8) is 0 Å². The normalized spacial score (nSPS) is 11.4. The third-order valence-corrected chi connectivity index (χ3v) is 4.63. The lowest BCUT2D eigenvalue weighted by Crippen LogP contribution is -2.14. The first-order valence-electron chi connectivity index (χ1n) is 5.80. The van der Waals surface area contributed by atoms with E-state index >= 15 is 0 Å². The SMILES string of the molecule is NCc1cc(S(=O)(=O)Nc2ccc(Cl)cc2Cl)ccc1F. The van der Waals surface area contributed by atoms with Gasteiger partial charge in [-0.3, -0.25) is 4.72 Å². The first-order chi connectivity index (χ1) is 9.83. The minimum atomic E-state index is -3.90. The third kappa shape index (κ3) is 3.65. The Morgan fingerprint density at radius 3 is 2.48 bits per heavy atom. The topological polar surface area (TPSA) is 72.2 Å². The Morgan fingerprint density at radius 2 is 1.86 bits per heavy atom. The molecule has 21 heavy (non-hydrogen) atoms. The van der Waals surface area contributed by atoms with E-state index in [0.717, 1.165) is 12.1 Å². The highest BCUT2D eigenvalue weighted by Crippen LogP contribution is 2.27. The van der Waals surface area contributed by atoms with Gasteiger partial charge >= 0.3 is 0 Å². The average molecular weight is 349 g/mol. The second-order valence-electron chi connectivity index (χ2n) is 4.19. The molecule has 0 saturated carbocycles. The quantitative estimate of drug-likeness (QED) is 0.889. The molecule has 8 heteroatoms. The van der Waals surface area contributed by atoms with Crippen molar-refractivity contribution < 1.29 is 12.8 Å². The molecule has 0 aliphatic rings. The molecule has 0 aromatic heterocycles. The lowest BCUT2D eigenvalue weighted by Gasteiger charge is -2.11. The summed E-state index contributed by atoms with van der Waals surface area (Å²) in [4.78, 5) is -0.102. The fraction of sp³-hybridized carbons (Fsp3) is 0.0769. The molecule has 0 bridgehead atoms. The van der Waals surface area contributed by atoms with Crippen molar-refractivity contribution in [1.82, 2.24) is 0 Å². The third-order valence-electron chi connectivity index (χ3n) is 2.72. The van der Waals surface area contributed by atoms with Gasteiger partial charge in [-0.15, -0.1) is 0 Å². The molecule has 4 nitrogen and oxygen atoms in total. The summed E-state index contributed by atoms with van der Waals surface area (Å²) in [5.41, 5.74) is 5.66.